The van der Waals surface area contributed by atoms with Crippen molar-refractivity contribution in [2.45, 2.75) is 33.2 Å². The Balaban J connectivity index is 3.17. The molecule has 0 spiro atoms. The van der Waals surface area contributed by atoms with Crippen molar-refractivity contribution in [1.82, 2.24) is 5.32 Å². The maximum atomic E-state index is 12.4. The number of hydrogen-bond acceptors (Lipinski definition) is 3. The number of carboxylic acid groups (broad SMARTS) is 1. The van der Waals surface area contributed by atoms with Crippen LogP contribution in [-0.2, 0) is 4.79 Å². The number of primary amides is 1. The zero-order valence-electron chi connectivity index (χ0n) is 12.6. The molecule has 0 heterocycles. The topological polar surface area (TPSA) is 109 Å². The molecule has 6 nitrogen and oxygen atoms in total. The first kappa shape index (κ1) is 16.7. The maximum Gasteiger partial charge on any atom is 0.335 e. The smallest absolute Gasteiger partial charge is 0.335 e. The van der Waals surface area contributed by atoms with Gasteiger partial charge in [0.1, 0.15) is 5.54 Å². The van der Waals surface area contributed by atoms with E-state index in [1.807, 2.05) is 0 Å². The van der Waals surface area contributed by atoms with Gasteiger partial charge in [-0.2, -0.15) is 0 Å². The summed E-state index contributed by atoms with van der Waals surface area (Å²) >= 11 is 0. The largest absolute Gasteiger partial charge is 0.478 e. The highest BCUT2D eigenvalue weighted by Gasteiger charge is 2.36. The molecule has 21 heavy (non-hydrogen) atoms. The molecule has 0 bridgehead atoms. The Kier molecular flexibility index (Phi) is 4.73. The summed E-state index contributed by atoms with van der Waals surface area (Å²) < 4.78 is 0. The second kappa shape index (κ2) is 5.95. The zero-order chi connectivity index (χ0) is 16.4. The van der Waals surface area contributed by atoms with E-state index < -0.39 is 23.3 Å². The van der Waals surface area contributed by atoms with E-state index in [4.69, 9.17) is 10.8 Å². The average Bonchev–Trinajstić information content (AvgIpc) is 2.37. The van der Waals surface area contributed by atoms with Crippen molar-refractivity contribution in [3.05, 3.63) is 34.9 Å². The molecule has 1 rings (SSSR count). The minimum Gasteiger partial charge on any atom is -0.478 e. The molecule has 2 amide bonds. The first-order valence-electron chi connectivity index (χ1n) is 6.56. The molecule has 0 saturated heterocycles. The Bertz CT molecular complexity index is 595. The van der Waals surface area contributed by atoms with E-state index in [1.54, 1.807) is 33.8 Å². The lowest BCUT2D eigenvalue weighted by Gasteiger charge is -2.31. The van der Waals surface area contributed by atoms with E-state index in [9.17, 15) is 14.4 Å². The first-order chi connectivity index (χ1) is 9.59. The molecule has 0 aliphatic heterocycles. The number of rotatable bonds is 5. The third-order valence-electron chi connectivity index (χ3n) is 3.77. The lowest BCUT2D eigenvalue weighted by Crippen LogP contribution is -2.58. The summed E-state index contributed by atoms with van der Waals surface area (Å²) in [4.78, 5) is 34.9. The van der Waals surface area contributed by atoms with Gasteiger partial charge in [0, 0.05) is 5.56 Å². The predicted molar refractivity (Wildman–Crippen MR) is 78.0 cm³/mol. The molecule has 4 N–H and O–H groups in total. The number of nitrogens with two attached hydrogens (primary N) is 1. The van der Waals surface area contributed by atoms with E-state index in [0.717, 1.165) is 0 Å². The first-order valence-corrected chi connectivity index (χ1v) is 6.56. The molecule has 0 aromatic heterocycles. The number of hydrogen-bond donors (Lipinski definition) is 3. The molecule has 1 aromatic carbocycles. The molecule has 114 valence electrons. The van der Waals surface area contributed by atoms with Crippen LogP contribution in [0.2, 0.25) is 0 Å². The molecule has 1 atom stereocenters. The summed E-state index contributed by atoms with van der Waals surface area (Å²) in [7, 11) is 0. The van der Waals surface area contributed by atoms with Crippen molar-refractivity contribution >= 4 is 17.8 Å². The van der Waals surface area contributed by atoms with Gasteiger partial charge in [-0.25, -0.2) is 4.79 Å². The lowest BCUT2D eigenvalue weighted by atomic mass is 9.87. The average molecular weight is 292 g/mol. The van der Waals surface area contributed by atoms with Gasteiger partial charge in [0.15, 0.2) is 0 Å². The lowest BCUT2D eigenvalue weighted by molar-refractivity contribution is -0.125. The van der Waals surface area contributed by atoms with Crippen LogP contribution in [0, 0.1) is 12.8 Å². The van der Waals surface area contributed by atoms with Gasteiger partial charge in [-0.15, -0.1) is 0 Å². The molecule has 1 aromatic rings. The molecule has 1 unspecified atom stereocenters. The fourth-order valence-electron chi connectivity index (χ4n) is 1.79. The van der Waals surface area contributed by atoms with Crippen LogP contribution < -0.4 is 11.1 Å². The zero-order valence-corrected chi connectivity index (χ0v) is 12.6. The van der Waals surface area contributed by atoms with E-state index in [-0.39, 0.29) is 17.0 Å². The normalized spacial score (nSPS) is 13.6. The summed E-state index contributed by atoms with van der Waals surface area (Å²) in [5.41, 5.74) is 5.00. The van der Waals surface area contributed by atoms with Crippen LogP contribution in [-0.4, -0.2) is 28.4 Å². The number of benzene rings is 1. The van der Waals surface area contributed by atoms with Crippen molar-refractivity contribution in [3.63, 3.8) is 0 Å². The van der Waals surface area contributed by atoms with Crippen LogP contribution in [0.5, 0.6) is 0 Å². The molecular formula is C15H20N2O4. The van der Waals surface area contributed by atoms with Gasteiger partial charge in [-0.05, 0) is 37.5 Å². The van der Waals surface area contributed by atoms with Crippen molar-refractivity contribution in [3.8, 4) is 0 Å². The second-order valence-electron chi connectivity index (χ2n) is 5.51. The highest BCUT2D eigenvalue weighted by Crippen LogP contribution is 2.18. The van der Waals surface area contributed by atoms with Gasteiger partial charge in [0.05, 0.1) is 5.56 Å². The van der Waals surface area contributed by atoms with Crippen molar-refractivity contribution < 1.29 is 19.5 Å². The van der Waals surface area contributed by atoms with Crippen molar-refractivity contribution in [2.75, 3.05) is 0 Å². The van der Waals surface area contributed by atoms with E-state index in [2.05, 4.69) is 5.32 Å². The van der Waals surface area contributed by atoms with E-state index >= 15 is 0 Å². The Morgan fingerprint density at radius 1 is 1.29 bits per heavy atom. The molecular weight excluding hydrogens is 272 g/mol. The Morgan fingerprint density at radius 2 is 1.86 bits per heavy atom. The highest BCUT2D eigenvalue weighted by atomic mass is 16.4. The van der Waals surface area contributed by atoms with E-state index in [0.29, 0.717) is 5.56 Å². The van der Waals surface area contributed by atoms with Crippen LogP contribution in [0.3, 0.4) is 0 Å². The van der Waals surface area contributed by atoms with Crippen LogP contribution in [0.15, 0.2) is 18.2 Å². The summed E-state index contributed by atoms with van der Waals surface area (Å²) in [6.07, 6.45) is 0. The summed E-state index contributed by atoms with van der Waals surface area (Å²) in [5, 5.41) is 11.6. The number of carbonyl (C=O) groups excluding carboxylic acids is 2. The minimum absolute atomic E-state index is 0.0103. The molecule has 0 fully saturated rings. The Morgan fingerprint density at radius 3 is 2.29 bits per heavy atom. The summed E-state index contributed by atoms with van der Waals surface area (Å²) in [6.45, 7) is 6.78. The fourth-order valence-corrected chi connectivity index (χ4v) is 1.79. The third-order valence-corrected chi connectivity index (χ3v) is 3.77. The monoisotopic (exact) mass is 292 g/mol. The van der Waals surface area contributed by atoms with Gasteiger partial charge >= 0.3 is 5.97 Å². The van der Waals surface area contributed by atoms with Gasteiger partial charge in [-0.1, -0.05) is 19.9 Å². The molecule has 0 aliphatic carbocycles. The molecule has 6 heteroatoms. The quantitative estimate of drug-likeness (QED) is 0.760. The molecule has 0 saturated carbocycles. The number of nitrogens with one attached hydrogen (secondary N) is 1. The van der Waals surface area contributed by atoms with Gasteiger partial charge in [0.25, 0.3) is 5.91 Å². The molecule has 0 radical (unpaired) electrons. The van der Waals surface area contributed by atoms with Crippen LogP contribution in [0.1, 0.15) is 47.1 Å². The van der Waals surface area contributed by atoms with Gasteiger partial charge in [-0.3, -0.25) is 9.59 Å². The van der Waals surface area contributed by atoms with Crippen molar-refractivity contribution in [1.29, 1.82) is 0 Å². The Labute approximate surface area is 123 Å². The highest BCUT2D eigenvalue weighted by molar-refractivity contribution is 6.01. The standard InChI is InChI=1S/C15H20N2O4/c1-8(2)15(4,14(16)21)17-12(18)11-7-10(13(19)20)6-5-9(11)3/h5-8H,1-4H3,(H2,16,21)(H,17,18)(H,19,20). The maximum absolute atomic E-state index is 12.4. The summed E-state index contributed by atoms with van der Waals surface area (Å²) in [6, 6.07) is 4.26. The van der Waals surface area contributed by atoms with Crippen LogP contribution in [0.4, 0.5) is 0 Å². The van der Waals surface area contributed by atoms with Gasteiger partial charge < -0.3 is 16.2 Å². The van der Waals surface area contributed by atoms with E-state index in [1.165, 1.54) is 12.1 Å². The number of carboxylic acids is 1. The van der Waals surface area contributed by atoms with Crippen LogP contribution >= 0.6 is 0 Å². The summed E-state index contributed by atoms with van der Waals surface area (Å²) in [5.74, 6) is -2.49. The predicted octanol–water partition coefficient (Wildman–Crippen LogP) is 1.32. The SMILES string of the molecule is Cc1ccc(C(=O)O)cc1C(=O)NC(C)(C(N)=O)C(C)C. The fraction of sp³-hybridized carbons (Fsp3) is 0.400. The van der Waals surface area contributed by atoms with Crippen LogP contribution in [0.25, 0.3) is 0 Å². The molecule has 0 aliphatic rings. The number of amides is 2. The minimum atomic E-state index is -1.21. The number of aryl methyl sites for hydroxylation is 1. The Hall–Kier alpha value is -2.37. The van der Waals surface area contributed by atoms with Crippen molar-refractivity contribution in [2.24, 2.45) is 11.7 Å². The second-order valence-corrected chi connectivity index (χ2v) is 5.51. The number of carbonyl (C=O) groups is 3. The van der Waals surface area contributed by atoms with Gasteiger partial charge in [0.2, 0.25) is 5.91 Å². The number of aromatic carboxylic acids is 1. The third kappa shape index (κ3) is 3.39.